The van der Waals surface area contributed by atoms with Crippen LogP contribution in [0.25, 0.3) is 0 Å². The quantitative estimate of drug-likeness (QED) is 0.0396. The fourth-order valence-electron chi connectivity index (χ4n) is 7.63. The smallest absolute Gasteiger partial charge is 0.388 e. The van der Waals surface area contributed by atoms with Gasteiger partial charge in [0.05, 0.1) is 26.4 Å². The molecule has 0 saturated heterocycles. The highest BCUT2D eigenvalue weighted by atomic mass is 31.2. The molecule has 13 heteroatoms. The first-order chi connectivity index (χ1) is 28.2. The Labute approximate surface area is 370 Å². The topological polar surface area (TPSA) is 150 Å². The lowest BCUT2D eigenvalue weighted by Crippen LogP contribution is -2.27. The predicted octanol–water partition coefficient (Wildman–Crippen LogP) is 13.6. The van der Waals surface area contributed by atoms with Crippen LogP contribution in [-0.4, -0.2) is 73.9 Å². The van der Waals surface area contributed by atoms with Gasteiger partial charge in [-0.3, -0.25) is 18.1 Å². The average Bonchev–Trinajstić information content (AvgIpc) is 3.16. The van der Waals surface area contributed by atoms with E-state index in [4.69, 9.17) is 18.5 Å². The van der Waals surface area contributed by atoms with Crippen molar-refractivity contribution in [2.75, 3.05) is 46.8 Å². The van der Waals surface area contributed by atoms with E-state index < -0.39 is 41.1 Å². The van der Waals surface area contributed by atoms with Gasteiger partial charge in [-0.15, -0.1) is 0 Å². The van der Waals surface area contributed by atoms with Crippen molar-refractivity contribution in [3.8, 4) is 0 Å². The SMILES string of the molecule is COP(=O)(O)OC[C@@H](O)COP(=O)(O)OCC(COCC[C@H](C)CCC[C@H](C)CCC[C@H](C)CCCC(C)C)OCC[C@H](C)CCC[C@H](C)CCC[C@H](C)CCCC(C)C. The van der Waals surface area contributed by atoms with Crippen molar-refractivity contribution in [2.24, 2.45) is 47.3 Å². The summed E-state index contributed by atoms with van der Waals surface area (Å²) < 4.78 is 55.4. The summed E-state index contributed by atoms with van der Waals surface area (Å²) in [6, 6.07) is 0. The Balaban J connectivity index is 4.73. The van der Waals surface area contributed by atoms with Crippen LogP contribution in [0.1, 0.15) is 198 Å². The molecule has 0 aliphatic rings. The zero-order valence-corrected chi connectivity index (χ0v) is 42.4. The molecule has 0 amide bonds. The predicted molar refractivity (Wildman–Crippen MR) is 248 cm³/mol. The average molecular weight is 901 g/mol. The van der Waals surface area contributed by atoms with E-state index in [2.05, 4.69) is 78.3 Å². The van der Waals surface area contributed by atoms with Crippen LogP contribution in [0.4, 0.5) is 0 Å². The second-order valence-corrected chi connectivity index (χ2v) is 22.8. The molecule has 0 aliphatic carbocycles. The highest BCUT2D eigenvalue weighted by molar-refractivity contribution is 7.47. The molecule has 3 unspecified atom stereocenters. The van der Waals surface area contributed by atoms with Crippen LogP contribution in [0.3, 0.4) is 0 Å². The van der Waals surface area contributed by atoms with E-state index in [0.717, 1.165) is 61.9 Å². The van der Waals surface area contributed by atoms with Crippen LogP contribution in [0.15, 0.2) is 0 Å². The molecule has 0 heterocycles. The molecule has 0 aromatic carbocycles. The number of ether oxygens (including phenoxy) is 2. The molecule has 60 heavy (non-hydrogen) atoms. The Hall–Kier alpha value is 0.1000. The van der Waals surface area contributed by atoms with E-state index in [1.165, 1.54) is 109 Å². The number of phosphoric acid groups is 2. The monoisotopic (exact) mass is 901 g/mol. The first kappa shape index (κ1) is 60.1. The molecule has 0 aliphatic heterocycles. The first-order valence-electron chi connectivity index (χ1n) is 24.3. The molecule has 0 saturated carbocycles. The van der Waals surface area contributed by atoms with Gasteiger partial charge in [0.25, 0.3) is 0 Å². The molecule has 0 fully saturated rings. The van der Waals surface area contributed by atoms with Crippen LogP contribution in [-0.2, 0) is 36.7 Å². The molecular formula is C47H98O11P2. The minimum atomic E-state index is -4.58. The minimum Gasteiger partial charge on any atom is -0.388 e. The molecule has 0 radical (unpaired) electrons. The van der Waals surface area contributed by atoms with Gasteiger partial charge in [-0.25, -0.2) is 9.13 Å². The zero-order valence-electron chi connectivity index (χ0n) is 40.7. The number of aliphatic hydroxyl groups excluding tert-OH is 1. The summed E-state index contributed by atoms with van der Waals surface area (Å²) in [5.41, 5.74) is 0. The van der Waals surface area contributed by atoms with E-state index in [1.54, 1.807) is 0 Å². The maximum absolute atomic E-state index is 12.6. The molecule has 3 N–H and O–H groups in total. The van der Waals surface area contributed by atoms with Gasteiger partial charge in [0.2, 0.25) is 0 Å². The maximum Gasteiger partial charge on any atom is 0.472 e. The summed E-state index contributed by atoms with van der Waals surface area (Å²) in [6.45, 7) is 23.1. The van der Waals surface area contributed by atoms with Gasteiger partial charge in [0.1, 0.15) is 12.2 Å². The summed E-state index contributed by atoms with van der Waals surface area (Å²) in [4.78, 5) is 19.6. The van der Waals surface area contributed by atoms with Crippen molar-refractivity contribution < 1.29 is 51.6 Å². The third kappa shape index (κ3) is 38.5. The summed E-state index contributed by atoms with van der Waals surface area (Å²) in [5, 5.41) is 9.99. The fraction of sp³-hybridized carbons (Fsp3) is 1.00. The van der Waals surface area contributed by atoms with Crippen LogP contribution < -0.4 is 0 Å². The molecule has 0 aromatic heterocycles. The number of hydrogen-bond acceptors (Lipinski definition) is 9. The lowest BCUT2D eigenvalue weighted by molar-refractivity contribution is -0.0492. The molecule has 0 aromatic rings. The lowest BCUT2D eigenvalue weighted by atomic mass is 9.91. The summed E-state index contributed by atoms with van der Waals surface area (Å²) in [5.74, 6) is 5.77. The van der Waals surface area contributed by atoms with Gasteiger partial charge >= 0.3 is 15.6 Å². The van der Waals surface area contributed by atoms with E-state index in [-0.39, 0.29) is 13.2 Å². The van der Waals surface area contributed by atoms with Crippen molar-refractivity contribution in [1.82, 2.24) is 0 Å². The second-order valence-electron chi connectivity index (χ2n) is 19.8. The molecule has 10 atom stereocenters. The molecule has 362 valence electrons. The van der Waals surface area contributed by atoms with E-state index in [9.17, 15) is 24.0 Å². The third-order valence-corrected chi connectivity index (χ3v) is 14.0. The molecular weight excluding hydrogens is 802 g/mol. The number of rotatable bonds is 43. The molecule has 0 rings (SSSR count). The van der Waals surface area contributed by atoms with Crippen molar-refractivity contribution in [1.29, 1.82) is 0 Å². The largest absolute Gasteiger partial charge is 0.472 e. The highest BCUT2D eigenvalue weighted by Crippen LogP contribution is 2.44. The highest BCUT2D eigenvalue weighted by Gasteiger charge is 2.27. The maximum atomic E-state index is 12.6. The Kier molecular flexibility index (Phi) is 36.4. The zero-order chi connectivity index (χ0) is 45.4. The van der Waals surface area contributed by atoms with Crippen molar-refractivity contribution in [3.05, 3.63) is 0 Å². The van der Waals surface area contributed by atoms with Crippen LogP contribution >= 0.6 is 15.6 Å². The summed E-state index contributed by atoms with van der Waals surface area (Å²) in [7, 11) is -7.90. The van der Waals surface area contributed by atoms with Gasteiger partial charge in [0.15, 0.2) is 0 Å². The summed E-state index contributed by atoms with van der Waals surface area (Å²) in [6.07, 6.45) is 23.0. The minimum absolute atomic E-state index is 0.209. The molecule has 11 nitrogen and oxygen atoms in total. The van der Waals surface area contributed by atoms with Crippen molar-refractivity contribution in [3.63, 3.8) is 0 Å². The number of aliphatic hydroxyl groups is 1. The van der Waals surface area contributed by atoms with Gasteiger partial charge in [-0.1, -0.05) is 185 Å². The van der Waals surface area contributed by atoms with E-state index >= 15 is 0 Å². The van der Waals surface area contributed by atoms with E-state index in [1.807, 2.05) is 0 Å². The van der Waals surface area contributed by atoms with Crippen LogP contribution in [0, 0.1) is 47.3 Å². The van der Waals surface area contributed by atoms with E-state index in [0.29, 0.717) is 25.0 Å². The normalized spacial score (nSPS) is 18.5. The van der Waals surface area contributed by atoms with Gasteiger partial charge in [-0.2, -0.15) is 0 Å². The Morgan fingerprint density at radius 3 is 1.10 bits per heavy atom. The van der Waals surface area contributed by atoms with Crippen molar-refractivity contribution in [2.45, 2.75) is 210 Å². The first-order valence-corrected chi connectivity index (χ1v) is 27.2. The van der Waals surface area contributed by atoms with Crippen LogP contribution in [0.2, 0.25) is 0 Å². The fourth-order valence-corrected chi connectivity index (χ4v) is 8.89. The number of phosphoric ester groups is 2. The van der Waals surface area contributed by atoms with Gasteiger partial charge < -0.3 is 24.4 Å². The standard InChI is InChI=1S/C47H98O11P2/c1-38(2)18-12-20-40(5)22-14-24-42(7)26-16-28-44(9)30-32-54-36-47(37-58-60(51,52)57-35-46(48)34-56-59(49,50)53-11)55-33-31-45(10)29-17-27-43(8)25-15-23-41(6)21-13-19-39(3)4/h38-48H,12-37H2,1-11H3,(H,49,50)(H,51,52)/t40-,41-,42-,43-,44-,45-,46-,47?/m1/s1. The Morgan fingerprint density at radius 2 is 0.733 bits per heavy atom. The van der Waals surface area contributed by atoms with Crippen molar-refractivity contribution >= 4 is 15.6 Å². The van der Waals surface area contributed by atoms with Gasteiger partial charge in [-0.05, 0) is 60.2 Å². The van der Waals surface area contributed by atoms with Crippen LogP contribution in [0.5, 0.6) is 0 Å². The lowest BCUT2D eigenvalue weighted by Gasteiger charge is -2.22. The Bertz CT molecular complexity index is 1080. The number of hydrogen-bond donors (Lipinski definition) is 3. The molecule has 0 spiro atoms. The summed E-state index contributed by atoms with van der Waals surface area (Å²) >= 11 is 0. The Morgan fingerprint density at radius 1 is 0.417 bits per heavy atom. The third-order valence-electron chi connectivity index (χ3n) is 12.1. The van der Waals surface area contributed by atoms with Gasteiger partial charge in [0, 0.05) is 20.3 Å². The molecule has 0 bridgehead atoms. The second kappa shape index (κ2) is 36.3.